The lowest BCUT2D eigenvalue weighted by Gasteiger charge is -2.38. The van der Waals surface area contributed by atoms with Crippen LogP contribution in [0.4, 0.5) is 13.2 Å². The summed E-state index contributed by atoms with van der Waals surface area (Å²) in [5.74, 6) is -1.96. The fourth-order valence-electron chi connectivity index (χ4n) is 3.44. The highest BCUT2D eigenvalue weighted by Crippen LogP contribution is 2.48. The lowest BCUT2D eigenvalue weighted by atomic mass is 9.80. The third-order valence-electron chi connectivity index (χ3n) is 4.76. The highest BCUT2D eigenvalue weighted by atomic mass is 35.5. The van der Waals surface area contributed by atoms with Crippen LogP contribution < -0.4 is 4.74 Å². The third-order valence-corrected chi connectivity index (χ3v) is 4.99. The molecule has 1 aromatic rings. The summed E-state index contributed by atoms with van der Waals surface area (Å²) in [5, 5.41) is 14.9. The number of ether oxygens (including phenoxy) is 1. The van der Waals surface area contributed by atoms with E-state index in [0.29, 0.717) is 35.6 Å². The van der Waals surface area contributed by atoms with Crippen molar-refractivity contribution in [3.8, 4) is 5.75 Å². The second kappa shape index (κ2) is 6.74. The van der Waals surface area contributed by atoms with E-state index in [1.807, 2.05) is 0 Å². The molecule has 0 radical (unpaired) electrons. The van der Waals surface area contributed by atoms with E-state index < -0.39 is 30.3 Å². The van der Waals surface area contributed by atoms with Crippen LogP contribution in [0.2, 0.25) is 5.02 Å². The maximum Gasteiger partial charge on any atom is 0.439 e. The van der Waals surface area contributed by atoms with Gasteiger partial charge >= 0.3 is 6.18 Å². The molecular formula is C17H18ClF3N2O3. The zero-order valence-electron chi connectivity index (χ0n) is 14.0. The zero-order valence-corrected chi connectivity index (χ0v) is 14.8. The molecule has 3 rings (SSSR count). The molecule has 2 atom stereocenters. The minimum atomic E-state index is -5.02. The van der Waals surface area contributed by atoms with Crippen molar-refractivity contribution in [2.45, 2.75) is 44.5 Å². The fraction of sp³-hybridized carbons (Fsp3) is 0.529. The van der Waals surface area contributed by atoms with Crippen molar-refractivity contribution in [3.05, 3.63) is 28.8 Å². The van der Waals surface area contributed by atoms with E-state index in [9.17, 15) is 23.1 Å². The first-order valence-corrected chi connectivity index (χ1v) is 8.61. The van der Waals surface area contributed by atoms with Gasteiger partial charge in [-0.2, -0.15) is 23.3 Å². The Morgan fingerprint density at radius 3 is 2.85 bits per heavy atom. The summed E-state index contributed by atoms with van der Waals surface area (Å²) in [6.45, 7) is 1.02. The van der Waals surface area contributed by atoms with Crippen LogP contribution in [0.1, 0.15) is 31.2 Å². The van der Waals surface area contributed by atoms with Gasteiger partial charge in [0.25, 0.3) is 11.6 Å². The zero-order chi connectivity index (χ0) is 19.1. The number of carbonyl (C=O) groups is 1. The molecule has 0 saturated heterocycles. The molecule has 0 aromatic heterocycles. The topological polar surface area (TPSA) is 62.1 Å². The van der Waals surface area contributed by atoms with Gasteiger partial charge in [-0.3, -0.25) is 4.79 Å². The molecule has 142 valence electrons. The molecule has 1 N–H and O–H groups in total. The summed E-state index contributed by atoms with van der Waals surface area (Å²) >= 11 is 5.83. The van der Waals surface area contributed by atoms with E-state index in [4.69, 9.17) is 16.3 Å². The number of fused-ring (bicyclic) bond motifs is 1. The van der Waals surface area contributed by atoms with Crippen LogP contribution in [0.5, 0.6) is 5.75 Å². The molecule has 1 aliphatic heterocycles. The number of amides is 1. The van der Waals surface area contributed by atoms with Crippen molar-refractivity contribution in [2.24, 2.45) is 11.0 Å². The minimum Gasteiger partial charge on any atom is -0.483 e. The van der Waals surface area contributed by atoms with Crippen LogP contribution in [0.25, 0.3) is 0 Å². The summed E-state index contributed by atoms with van der Waals surface area (Å²) in [6.07, 6.45) is -3.32. The van der Waals surface area contributed by atoms with Crippen LogP contribution in [0, 0.1) is 12.8 Å². The summed E-state index contributed by atoms with van der Waals surface area (Å²) in [7, 11) is 0. The predicted octanol–water partition coefficient (Wildman–Crippen LogP) is 3.67. The summed E-state index contributed by atoms with van der Waals surface area (Å²) in [4.78, 5) is 12.4. The second-order valence-corrected chi connectivity index (χ2v) is 6.95. The first-order chi connectivity index (χ1) is 12.1. The van der Waals surface area contributed by atoms with Crippen LogP contribution in [0.3, 0.4) is 0 Å². The molecule has 26 heavy (non-hydrogen) atoms. The van der Waals surface area contributed by atoms with Crippen molar-refractivity contribution in [1.82, 2.24) is 5.01 Å². The van der Waals surface area contributed by atoms with Gasteiger partial charge in [-0.25, -0.2) is 0 Å². The number of carbonyl (C=O) groups excluding carboxylic acids is 1. The van der Waals surface area contributed by atoms with E-state index in [1.165, 1.54) is 6.07 Å². The standard InChI is InChI=1S/C17H18ClF3N2O3/c1-10-8-11(18)6-7-14(10)26-9-15(24)23-16(25,17(19,20)21)12-4-2-3-5-13(12)22-23/h6-8,12,25H,2-5,9H2,1H3/t12-,16-/m0/s1. The normalized spacial score (nSPS) is 25.7. The average molecular weight is 391 g/mol. The second-order valence-electron chi connectivity index (χ2n) is 6.52. The van der Waals surface area contributed by atoms with Crippen LogP contribution >= 0.6 is 11.6 Å². The number of hydrogen-bond donors (Lipinski definition) is 1. The predicted molar refractivity (Wildman–Crippen MR) is 88.9 cm³/mol. The Labute approximate surface area is 153 Å². The van der Waals surface area contributed by atoms with E-state index in [2.05, 4.69) is 5.10 Å². The number of aryl methyl sites for hydroxylation is 1. The van der Waals surface area contributed by atoms with Crippen molar-refractivity contribution in [2.75, 3.05) is 6.61 Å². The maximum absolute atomic E-state index is 13.6. The molecule has 0 bridgehead atoms. The Bertz CT molecular complexity index is 753. The molecule has 5 nitrogen and oxygen atoms in total. The lowest BCUT2D eigenvalue weighted by molar-refractivity contribution is -0.317. The molecule has 0 unspecified atom stereocenters. The van der Waals surface area contributed by atoms with Crippen molar-refractivity contribution in [3.63, 3.8) is 0 Å². The van der Waals surface area contributed by atoms with Crippen molar-refractivity contribution in [1.29, 1.82) is 0 Å². The Morgan fingerprint density at radius 2 is 2.19 bits per heavy atom. The van der Waals surface area contributed by atoms with Crippen LogP contribution in [0.15, 0.2) is 23.3 Å². The Hall–Kier alpha value is -1.80. The number of aliphatic hydroxyl groups is 1. The fourth-order valence-corrected chi connectivity index (χ4v) is 3.67. The van der Waals surface area contributed by atoms with E-state index >= 15 is 0 Å². The SMILES string of the molecule is Cc1cc(Cl)ccc1OCC(=O)N1N=C2CCCC[C@@H]2[C@]1(O)C(F)(F)F. The molecule has 2 aliphatic rings. The maximum atomic E-state index is 13.6. The Kier molecular flexibility index (Phi) is 4.92. The molecule has 1 fully saturated rings. The highest BCUT2D eigenvalue weighted by molar-refractivity contribution is 6.30. The van der Waals surface area contributed by atoms with Gasteiger partial charge in [-0.1, -0.05) is 18.0 Å². The number of hydrazone groups is 1. The first-order valence-electron chi connectivity index (χ1n) is 8.23. The molecule has 1 aliphatic carbocycles. The minimum absolute atomic E-state index is 0.135. The number of hydrogen-bond acceptors (Lipinski definition) is 4. The smallest absolute Gasteiger partial charge is 0.439 e. The Balaban J connectivity index is 1.81. The summed E-state index contributed by atoms with van der Waals surface area (Å²) in [6, 6.07) is 4.68. The van der Waals surface area contributed by atoms with Crippen molar-refractivity contribution < 1.29 is 27.8 Å². The highest BCUT2D eigenvalue weighted by Gasteiger charge is 2.68. The largest absolute Gasteiger partial charge is 0.483 e. The summed E-state index contributed by atoms with van der Waals surface area (Å²) < 4.78 is 46.2. The quantitative estimate of drug-likeness (QED) is 0.856. The number of nitrogens with zero attached hydrogens (tertiary/aromatic N) is 2. The van der Waals surface area contributed by atoms with Crippen LogP contribution in [-0.4, -0.2) is 40.2 Å². The van der Waals surface area contributed by atoms with Gasteiger partial charge in [0.05, 0.1) is 5.92 Å². The first kappa shape index (κ1) is 19.0. The van der Waals surface area contributed by atoms with E-state index in [-0.39, 0.29) is 17.1 Å². The van der Waals surface area contributed by atoms with Gasteiger partial charge in [0.1, 0.15) is 5.75 Å². The molecular weight excluding hydrogens is 373 g/mol. The number of halogens is 4. The average Bonchev–Trinajstić information content (AvgIpc) is 2.88. The van der Waals surface area contributed by atoms with Crippen LogP contribution in [-0.2, 0) is 4.79 Å². The number of alkyl halides is 3. The number of rotatable bonds is 3. The molecule has 0 spiro atoms. The molecule has 1 saturated carbocycles. The molecule has 9 heteroatoms. The van der Waals surface area contributed by atoms with Crippen molar-refractivity contribution >= 4 is 23.2 Å². The van der Waals surface area contributed by atoms with E-state index in [1.54, 1.807) is 19.1 Å². The third kappa shape index (κ3) is 3.16. The van der Waals surface area contributed by atoms with Gasteiger partial charge in [0.2, 0.25) is 0 Å². The van der Waals surface area contributed by atoms with Gasteiger partial charge < -0.3 is 9.84 Å². The molecule has 1 amide bonds. The lowest BCUT2D eigenvalue weighted by Crippen LogP contribution is -2.62. The van der Waals surface area contributed by atoms with Gasteiger partial charge in [-0.05, 0) is 49.9 Å². The monoisotopic (exact) mass is 390 g/mol. The molecule has 1 heterocycles. The van der Waals surface area contributed by atoms with E-state index in [0.717, 1.165) is 0 Å². The summed E-state index contributed by atoms with van der Waals surface area (Å²) in [5.41, 5.74) is -2.47. The van der Waals surface area contributed by atoms with Gasteiger partial charge in [-0.15, -0.1) is 0 Å². The van der Waals surface area contributed by atoms with Gasteiger partial charge in [0.15, 0.2) is 6.61 Å². The Morgan fingerprint density at radius 1 is 1.46 bits per heavy atom. The van der Waals surface area contributed by atoms with Gasteiger partial charge in [0, 0.05) is 10.7 Å². The molecule has 1 aromatic carbocycles. The number of benzene rings is 1.